The van der Waals surface area contributed by atoms with E-state index in [0.717, 1.165) is 18.2 Å². The maximum atomic E-state index is 14.3. The van der Waals surface area contributed by atoms with Gasteiger partial charge < -0.3 is 4.90 Å². The lowest BCUT2D eigenvalue weighted by molar-refractivity contribution is 0.0715. The molecule has 1 aliphatic heterocycles. The molecule has 7 nitrogen and oxygen atoms in total. The molecule has 1 saturated heterocycles. The molecule has 0 bridgehead atoms. The predicted molar refractivity (Wildman–Crippen MR) is 100 cm³/mol. The van der Waals surface area contributed by atoms with Crippen molar-refractivity contribution < 1.29 is 26.0 Å². The second kappa shape index (κ2) is 8.07. The van der Waals surface area contributed by atoms with Gasteiger partial charge in [0, 0.05) is 18.6 Å². The number of rotatable bonds is 7. The first kappa shape index (κ1) is 21.5. The largest absolute Gasteiger partial charge is 0.331 e. The molecule has 1 unspecified atom stereocenters. The van der Waals surface area contributed by atoms with E-state index < -0.39 is 43.2 Å². The smallest absolute Gasteiger partial charge is 0.257 e. The summed E-state index contributed by atoms with van der Waals surface area (Å²) in [6.07, 6.45) is 1.66. The van der Waals surface area contributed by atoms with Crippen molar-refractivity contribution in [3.8, 4) is 0 Å². The molecular formula is C17H23FN2O5S2. The molecule has 10 heteroatoms. The van der Waals surface area contributed by atoms with Crippen molar-refractivity contribution in [3.05, 3.63) is 42.2 Å². The number of carbonyl (C=O) groups excluding carboxylic acids is 1. The normalized spacial score (nSPS) is 19.2. The molecule has 1 aromatic carbocycles. The van der Waals surface area contributed by atoms with Crippen LogP contribution in [0, 0.1) is 5.82 Å². The molecule has 0 aromatic heterocycles. The molecule has 0 radical (unpaired) electrons. The minimum Gasteiger partial charge on any atom is -0.331 e. The Hall–Kier alpha value is -1.78. The van der Waals surface area contributed by atoms with Crippen molar-refractivity contribution in [2.24, 2.45) is 0 Å². The van der Waals surface area contributed by atoms with Gasteiger partial charge in [0.1, 0.15) is 5.82 Å². The maximum Gasteiger partial charge on any atom is 0.257 e. The number of hydrogen-bond acceptors (Lipinski definition) is 5. The van der Waals surface area contributed by atoms with Crippen LogP contribution in [0.5, 0.6) is 0 Å². The fourth-order valence-corrected chi connectivity index (χ4v) is 5.93. The van der Waals surface area contributed by atoms with E-state index in [0.29, 0.717) is 0 Å². The average molecular weight is 419 g/mol. The van der Waals surface area contributed by atoms with Gasteiger partial charge in [0.15, 0.2) is 9.84 Å². The van der Waals surface area contributed by atoms with E-state index in [1.54, 1.807) is 13.8 Å². The zero-order chi connectivity index (χ0) is 20.4. The quantitative estimate of drug-likeness (QED) is 0.673. The molecule has 0 saturated carbocycles. The molecule has 0 aliphatic carbocycles. The van der Waals surface area contributed by atoms with E-state index in [1.807, 2.05) is 0 Å². The van der Waals surface area contributed by atoms with Crippen molar-refractivity contribution in [1.29, 1.82) is 0 Å². The van der Waals surface area contributed by atoms with Gasteiger partial charge in [-0.2, -0.15) is 0 Å². The van der Waals surface area contributed by atoms with Gasteiger partial charge in [-0.15, -0.1) is 6.58 Å². The molecule has 1 atom stereocenters. The molecule has 2 rings (SSSR count). The molecule has 1 aliphatic rings. The summed E-state index contributed by atoms with van der Waals surface area (Å²) in [6.45, 7) is 6.86. The van der Waals surface area contributed by atoms with Crippen LogP contribution < -0.4 is 4.72 Å². The summed E-state index contributed by atoms with van der Waals surface area (Å²) in [5.41, 5.74) is -0.423. The highest BCUT2D eigenvalue weighted by atomic mass is 32.2. The van der Waals surface area contributed by atoms with Gasteiger partial charge in [-0.05, 0) is 38.5 Å². The first-order chi connectivity index (χ1) is 12.5. The fraction of sp³-hybridized carbons (Fsp3) is 0.471. The summed E-state index contributed by atoms with van der Waals surface area (Å²) in [5.74, 6) is -1.90. The van der Waals surface area contributed by atoms with E-state index in [-0.39, 0.29) is 35.4 Å². The summed E-state index contributed by atoms with van der Waals surface area (Å²) in [4.78, 5) is 13.9. The third-order valence-electron chi connectivity index (χ3n) is 4.11. The number of hydrogen-bond donors (Lipinski definition) is 1. The van der Waals surface area contributed by atoms with Gasteiger partial charge in [-0.1, -0.05) is 6.08 Å². The molecule has 27 heavy (non-hydrogen) atoms. The number of sulfonamides is 1. The number of sulfone groups is 1. The minimum absolute atomic E-state index is 0.0275. The molecule has 0 spiro atoms. The second-order valence-corrected chi connectivity index (χ2v) is 10.7. The number of amides is 1. The van der Waals surface area contributed by atoms with Crippen LogP contribution in [0.15, 0.2) is 35.7 Å². The first-order valence-electron chi connectivity index (χ1n) is 8.41. The van der Waals surface area contributed by atoms with Crippen LogP contribution in [0.25, 0.3) is 0 Å². The zero-order valence-electron chi connectivity index (χ0n) is 15.2. The highest BCUT2D eigenvalue weighted by Gasteiger charge is 2.35. The molecule has 150 valence electrons. The number of halogens is 1. The van der Waals surface area contributed by atoms with Crippen LogP contribution >= 0.6 is 0 Å². The Bertz CT molecular complexity index is 942. The Balaban J connectivity index is 2.41. The zero-order valence-corrected chi connectivity index (χ0v) is 16.8. The lowest BCUT2D eigenvalue weighted by Crippen LogP contribution is -2.41. The average Bonchev–Trinajstić information content (AvgIpc) is 2.90. The predicted octanol–water partition coefficient (Wildman–Crippen LogP) is 1.33. The van der Waals surface area contributed by atoms with Gasteiger partial charge in [-0.3, -0.25) is 4.79 Å². The highest BCUT2D eigenvalue weighted by molar-refractivity contribution is 7.91. The SMILES string of the molecule is C=CCN(C(=O)c1cc(S(=O)(=O)NC(C)C)ccc1F)C1CCS(=O)(=O)C1. The first-order valence-corrected chi connectivity index (χ1v) is 11.7. The Kier molecular flexibility index (Phi) is 6.43. The topological polar surface area (TPSA) is 101 Å². The third-order valence-corrected chi connectivity index (χ3v) is 7.51. The van der Waals surface area contributed by atoms with Gasteiger partial charge in [0.2, 0.25) is 10.0 Å². The van der Waals surface area contributed by atoms with Gasteiger partial charge in [-0.25, -0.2) is 25.9 Å². The van der Waals surface area contributed by atoms with Gasteiger partial charge >= 0.3 is 0 Å². The van der Waals surface area contributed by atoms with Crippen molar-refractivity contribution in [3.63, 3.8) is 0 Å². The second-order valence-electron chi connectivity index (χ2n) is 6.72. The van der Waals surface area contributed by atoms with E-state index in [4.69, 9.17) is 0 Å². The summed E-state index contributed by atoms with van der Waals surface area (Å²) in [5, 5.41) is 0. The monoisotopic (exact) mass is 418 g/mol. The molecular weight excluding hydrogens is 395 g/mol. The summed E-state index contributed by atoms with van der Waals surface area (Å²) >= 11 is 0. The Morgan fingerprint density at radius 1 is 1.44 bits per heavy atom. The number of nitrogens with one attached hydrogen (secondary N) is 1. The Labute approximate surface area is 159 Å². The lowest BCUT2D eigenvalue weighted by Gasteiger charge is -2.27. The lowest BCUT2D eigenvalue weighted by atomic mass is 10.1. The number of carbonyl (C=O) groups is 1. The summed E-state index contributed by atoms with van der Waals surface area (Å²) in [6, 6.07) is 1.99. The molecule has 1 amide bonds. The molecule has 1 heterocycles. The fourth-order valence-electron chi connectivity index (χ4n) is 2.93. The van der Waals surface area contributed by atoms with Crippen molar-refractivity contribution in [1.82, 2.24) is 9.62 Å². The standard InChI is InChI=1S/C17H23FN2O5S2/c1-4-8-20(13-7-9-26(22,23)11-13)17(21)15-10-14(5-6-16(15)18)27(24,25)19-12(2)3/h4-6,10,12-13,19H,1,7-9,11H2,2-3H3. The van der Waals surface area contributed by atoms with Gasteiger partial charge in [0.05, 0.1) is 22.0 Å². The van der Waals surface area contributed by atoms with Crippen molar-refractivity contribution >= 4 is 25.8 Å². The molecule has 1 fully saturated rings. The van der Waals surface area contributed by atoms with Gasteiger partial charge in [0.25, 0.3) is 5.91 Å². The van der Waals surface area contributed by atoms with Crippen LogP contribution in [0.1, 0.15) is 30.6 Å². The van der Waals surface area contributed by atoms with E-state index >= 15 is 0 Å². The van der Waals surface area contributed by atoms with Crippen LogP contribution in [-0.2, 0) is 19.9 Å². The van der Waals surface area contributed by atoms with Crippen LogP contribution in [0.4, 0.5) is 4.39 Å². The van der Waals surface area contributed by atoms with Crippen molar-refractivity contribution in [2.45, 2.75) is 37.2 Å². The Morgan fingerprint density at radius 3 is 2.63 bits per heavy atom. The minimum atomic E-state index is -3.91. The van der Waals surface area contributed by atoms with Crippen LogP contribution in [-0.4, -0.2) is 57.8 Å². The summed E-state index contributed by atoms with van der Waals surface area (Å²) in [7, 11) is -7.17. The number of nitrogens with zero attached hydrogens (tertiary/aromatic N) is 1. The van der Waals surface area contributed by atoms with Crippen molar-refractivity contribution in [2.75, 3.05) is 18.1 Å². The van der Waals surface area contributed by atoms with Crippen LogP contribution in [0.2, 0.25) is 0 Å². The van der Waals surface area contributed by atoms with E-state index in [1.165, 1.54) is 11.0 Å². The summed E-state index contributed by atoms with van der Waals surface area (Å²) < 4.78 is 64.8. The Morgan fingerprint density at radius 2 is 2.11 bits per heavy atom. The molecule has 1 N–H and O–H groups in total. The number of benzene rings is 1. The highest BCUT2D eigenvalue weighted by Crippen LogP contribution is 2.23. The van der Waals surface area contributed by atoms with E-state index in [2.05, 4.69) is 11.3 Å². The van der Waals surface area contributed by atoms with Crippen LogP contribution in [0.3, 0.4) is 0 Å². The third kappa shape index (κ3) is 5.14. The molecule has 1 aromatic rings. The van der Waals surface area contributed by atoms with E-state index in [9.17, 15) is 26.0 Å². The maximum absolute atomic E-state index is 14.3.